The van der Waals surface area contributed by atoms with Crippen molar-refractivity contribution in [2.24, 2.45) is 0 Å². The number of hydrogen-bond donors (Lipinski definition) is 0. The molecule has 1 aliphatic heterocycles. The first-order valence-electron chi connectivity index (χ1n) is 10.8. The highest BCUT2D eigenvalue weighted by atomic mass is 32.2. The lowest BCUT2D eigenvalue weighted by Crippen LogP contribution is -2.37. The lowest BCUT2D eigenvalue weighted by Gasteiger charge is -2.38. The average Bonchev–Trinajstić information content (AvgIpc) is 3.20. The minimum absolute atomic E-state index is 0.338. The molecule has 0 radical (unpaired) electrons. The smallest absolute Gasteiger partial charge is 0.243 e. The molecule has 0 bridgehead atoms. The second-order valence-electron chi connectivity index (χ2n) is 8.76. The van der Waals surface area contributed by atoms with Crippen LogP contribution >= 0.6 is 0 Å². The SMILES string of the molecule is COCC1=C(COC)C(C)=C2CN(S(=O)(=O)c3ccc(C)cc3)C[C@]2(c2ccccc2)C1. The van der Waals surface area contributed by atoms with Crippen molar-refractivity contribution in [1.29, 1.82) is 0 Å². The third-order valence-corrected chi connectivity index (χ3v) is 8.60. The molecule has 1 aliphatic carbocycles. The minimum Gasteiger partial charge on any atom is -0.380 e. The fraction of sp³-hybridized carbons (Fsp3) is 0.385. The summed E-state index contributed by atoms with van der Waals surface area (Å²) in [5.74, 6) is 0. The second-order valence-corrected chi connectivity index (χ2v) is 10.7. The van der Waals surface area contributed by atoms with Gasteiger partial charge in [0.15, 0.2) is 0 Å². The lowest BCUT2D eigenvalue weighted by molar-refractivity contribution is 0.205. The van der Waals surface area contributed by atoms with E-state index in [-0.39, 0.29) is 0 Å². The van der Waals surface area contributed by atoms with Gasteiger partial charge in [-0.1, -0.05) is 48.0 Å². The molecule has 32 heavy (non-hydrogen) atoms. The highest BCUT2D eigenvalue weighted by molar-refractivity contribution is 7.89. The molecule has 0 spiro atoms. The predicted molar refractivity (Wildman–Crippen MR) is 126 cm³/mol. The van der Waals surface area contributed by atoms with Gasteiger partial charge in [-0.2, -0.15) is 4.31 Å². The van der Waals surface area contributed by atoms with Crippen LogP contribution in [0.2, 0.25) is 0 Å². The van der Waals surface area contributed by atoms with Crippen LogP contribution in [-0.2, 0) is 24.9 Å². The van der Waals surface area contributed by atoms with E-state index in [9.17, 15) is 8.42 Å². The third-order valence-electron chi connectivity index (χ3n) is 6.80. The zero-order valence-electron chi connectivity index (χ0n) is 19.2. The van der Waals surface area contributed by atoms with Crippen LogP contribution in [0, 0.1) is 6.92 Å². The molecular weight excluding hydrogens is 422 g/mol. The van der Waals surface area contributed by atoms with Crippen molar-refractivity contribution in [3.05, 3.63) is 88.0 Å². The molecule has 0 saturated carbocycles. The summed E-state index contributed by atoms with van der Waals surface area (Å²) in [6, 6.07) is 17.4. The van der Waals surface area contributed by atoms with Gasteiger partial charge in [0, 0.05) is 32.7 Å². The molecule has 170 valence electrons. The highest BCUT2D eigenvalue weighted by Crippen LogP contribution is 2.51. The van der Waals surface area contributed by atoms with Crippen molar-refractivity contribution in [2.45, 2.75) is 30.6 Å². The largest absolute Gasteiger partial charge is 0.380 e. The molecule has 0 aromatic heterocycles. The van der Waals surface area contributed by atoms with E-state index >= 15 is 0 Å². The summed E-state index contributed by atoms with van der Waals surface area (Å²) >= 11 is 0. The van der Waals surface area contributed by atoms with Crippen molar-refractivity contribution in [2.75, 3.05) is 40.5 Å². The van der Waals surface area contributed by atoms with Gasteiger partial charge in [0.25, 0.3) is 0 Å². The number of hydrogen-bond acceptors (Lipinski definition) is 4. The molecular formula is C26H31NO4S. The quantitative estimate of drug-likeness (QED) is 0.629. The molecule has 2 aromatic carbocycles. The average molecular weight is 454 g/mol. The number of methoxy groups -OCH3 is 2. The molecule has 4 rings (SSSR count). The van der Waals surface area contributed by atoms with E-state index < -0.39 is 15.4 Å². The van der Waals surface area contributed by atoms with Crippen molar-refractivity contribution < 1.29 is 17.9 Å². The van der Waals surface area contributed by atoms with Crippen LogP contribution in [0.5, 0.6) is 0 Å². The molecule has 2 aliphatic rings. The zero-order chi connectivity index (χ0) is 22.9. The molecule has 6 heteroatoms. The van der Waals surface area contributed by atoms with Gasteiger partial charge < -0.3 is 9.47 Å². The Morgan fingerprint density at radius 3 is 2.22 bits per heavy atom. The van der Waals surface area contributed by atoms with E-state index in [1.807, 2.05) is 37.3 Å². The van der Waals surface area contributed by atoms with Crippen LogP contribution in [0.25, 0.3) is 0 Å². The van der Waals surface area contributed by atoms with E-state index in [0.717, 1.165) is 34.3 Å². The van der Waals surface area contributed by atoms with Gasteiger partial charge in [0.1, 0.15) is 0 Å². The van der Waals surface area contributed by atoms with Crippen molar-refractivity contribution >= 4 is 10.0 Å². The molecule has 1 atom stereocenters. The Kier molecular flexibility index (Phi) is 6.41. The Balaban J connectivity index is 1.84. The highest BCUT2D eigenvalue weighted by Gasteiger charge is 2.50. The van der Waals surface area contributed by atoms with Crippen LogP contribution in [0.4, 0.5) is 0 Å². The van der Waals surface area contributed by atoms with E-state index in [2.05, 4.69) is 19.1 Å². The standard InChI is InChI=1S/C26H31NO4S/c1-19-10-12-23(13-11-19)32(28,29)27-15-25-20(2)24(17-31-4)21(16-30-3)14-26(25,18-27)22-8-6-5-7-9-22/h5-13H,14-18H2,1-4H3/t26-/m0/s1. The molecule has 0 N–H and O–H groups in total. The number of rotatable bonds is 7. The number of ether oxygens (including phenoxy) is 2. The summed E-state index contributed by atoms with van der Waals surface area (Å²) in [5.41, 5.74) is 6.35. The number of nitrogens with zero attached hydrogens (tertiary/aromatic N) is 1. The van der Waals surface area contributed by atoms with Gasteiger partial charge in [-0.05, 0) is 60.3 Å². The molecule has 1 heterocycles. The summed E-state index contributed by atoms with van der Waals surface area (Å²) in [7, 11) is -0.235. The predicted octanol–water partition coefficient (Wildman–Crippen LogP) is 4.25. The molecule has 5 nitrogen and oxygen atoms in total. The summed E-state index contributed by atoms with van der Waals surface area (Å²) in [6.45, 7) is 5.84. The summed E-state index contributed by atoms with van der Waals surface area (Å²) < 4.78 is 39.9. The first-order valence-corrected chi connectivity index (χ1v) is 12.3. The maximum atomic E-state index is 13.6. The molecule has 2 aromatic rings. The van der Waals surface area contributed by atoms with Crippen molar-refractivity contribution in [1.82, 2.24) is 4.31 Å². The van der Waals surface area contributed by atoms with Gasteiger partial charge in [0.2, 0.25) is 10.0 Å². The zero-order valence-corrected chi connectivity index (χ0v) is 20.0. The second kappa shape index (κ2) is 8.94. The first kappa shape index (κ1) is 22.9. The van der Waals surface area contributed by atoms with Gasteiger partial charge >= 0.3 is 0 Å². The van der Waals surface area contributed by atoms with Crippen LogP contribution in [0.3, 0.4) is 0 Å². The summed E-state index contributed by atoms with van der Waals surface area (Å²) in [6.07, 6.45) is 0.718. The molecule has 1 saturated heterocycles. The first-order chi connectivity index (χ1) is 15.3. The summed E-state index contributed by atoms with van der Waals surface area (Å²) in [5, 5.41) is 0. The fourth-order valence-corrected chi connectivity index (χ4v) is 6.63. The topological polar surface area (TPSA) is 55.8 Å². The van der Waals surface area contributed by atoms with Crippen molar-refractivity contribution in [3.63, 3.8) is 0 Å². The number of sulfonamides is 1. The van der Waals surface area contributed by atoms with E-state index in [1.165, 1.54) is 5.57 Å². The molecule has 1 fully saturated rings. The maximum absolute atomic E-state index is 13.6. The van der Waals surface area contributed by atoms with Crippen LogP contribution in [0.15, 0.2) is 81.8 Å². The lowest BCUT2D eigenvalue weighted by atomic mass is 9.66. The minimum atomic E-state index is -3.62. The maximum Gasteiger partial charge on any atom is 0.243 e. The van der Waals surface area contributed by atoms with Gasteiger partial charge in [-0.15, -0.1) is 0 Å². The van der Waals surface area contributed by atoms with E-state index in [4.69, 9.17) is 9.47 Å². The Bertz CT molecular complexity index is 1150. The Morgan fingerprint density at radius 2 is 1.59 bits per heavy atom. The van der Waals surface area contributed by atoms with Gasteiger partial charge in [-0.3, -0.25) is 0 Å². The number of aryl methyl sites for hydroxylation is 1. The monoisotopic (exact) mass is 453 g/mol. The van der Waals surface area contributed by atoms with Gasteiger partial charge in [0.05, 0.1) is 18.1 Å². The van der Waals surface area contributed by atoms with Crippen LogP contribution < -0.4 is 0 Å². The van der Waals surface area contributed by atoms with E-state index in [1.54, 1.807) is 30.7 Å². The van der Waals surface area contributed by atoms with Crippen LogP contribution in [0.1, 0.15) is 24.5 Å². The van der Waals surface area contributed by atoms with Crippen molar-refractivity contribution in [3.8, 4) is 0 Å². The van der Waals surface area contributed by atoms with Crippen LogP contribution in [-0.4, -0.2) is 53.2 Å². The Labute approximate surface area is 191 Å². The Hall–Kier alpha value is -2.25. The number of fused-ring (bicyclic) bond motifs is 1. The molecule has 0 unspecified atom stereocenters. The normalized spacial score (nSPS) is 21.9. The van der Waals surface area contributed by atoms with Gasteiger partial charge in [-0.25, -0.2) is 8.42 Å². The number of benzene rings is 2. The van der Waals surface area contributed by atoms with E-state index in [0.29, 0.717) is 31.2 Å². The Morgan fingerprint density at radius 1 is 0.938 bits per heavy atom. The summed E-state index contributed by atoms with van der Waals surface area (Å²) in [4.78, 5) is 0.338. The molecule has 0 amide bonds. The fourth-order valence-electron chi connectivity index (χ4n) is 5.16. The third kappa shape index (κ3) is 3.86.